The number of nitrogens with zero attached hydrogens (tertiary/aromatic N) is 2. The van der Waals surface area contributed by atoms with Crippen molar-refractivity contribution in [1.82, 2.24) is 4.90 Å². The zero-order valence-corrected chi connectivity index (χ0v) is 22.7. The highest BCUT2D eigenvalue weighted by atomic mass is 32.2. The third kappa shape index (κ3) is 3.49. The van der Waals surface area contributed by atoms with Gasteiger partial charge in [0.05, 0.1) is 21.9 Å². The number of rotatable bonds is 3. The maximum Gasteiger partial charge on any atom is 0.269 e. The number of fused-ring (bicyclic) bond motifs is 3. The van der Waals surface area contributed by atoms with Gasteiger partial charge in [-0.25, -0.2) is 0 Å². The highest BCUT2D eigenvalue weighted by Crippen LogP contribution is 2.61. The van der Waals surface area contributed by atoms with Gasteiger partial charge >= 0.3 is 0 Å². The molecule has 8 rings (SSSR count). The average Bonchev–Trinajstić information content (AvgIpc) is 3.71. The van der Waals surface area contributed by atoms with Crippen molar-refractivity contribution in [3.63, 3.8) is 0 Å². The van der Waals surface area contributed by atoms with Crippen LogP contribution in [0.5, 0.6) is 5.75 Å². The fourth-order valence-electron chi connectivity index (χ4n) is 7.93. The Morgan fingerprint density at radius 1 is 1.02 bits per heavy atom. The molecule has 1 aliphatic carbocycles. The van der Waals surface area contributed by atoms with Crippen LogP contribution in [0.25, 0.3) is 0 Å². The molecule has 5 aliphatic heterocycles. The summed E-state index contributed by atoms with van der Waals surface area (Å²) < 4.78 is 25.9. The Morgan fingerprint density at radius 2 is 1.82 bits per heavy atom. The SMILES string of the molecule is O=C1c2ccccc2OC[C@@]12[C@@H](c1ccc([N+](=O)[O-])cc1)[C@H]1CSCN1[C@@H]2C1=C[C@@H]2OC3(CCCCC3)O[C@@H]2O1. The van der Waals surface area contributed by atoms with Crippen LogP contribution >= 0.6 is 11.8 Å². The summed E-state index contributed by atoms with van der Waals surface area (Å²) >= 11 is 1.83. The van der Waals surface area contributed by atoms with E-state index in [9.17, 15) is 14.9 Å². The number of ether oxygens (including phenoxy) is 4. The lowest BCUT2D eigenvalue weighted by molar-refractivity contribution is -0.384. The van der Waals surface area contributed by atoms with Gasteiger partial charge in [-0.15, -0.1) is 11.8 Å². The molecule has 0 radical (unpaired) electrons. The summed E-state index contributed by atoms with van der Waals surface area (Å²) in [6.45, 7) is 0.189. The predicted molar refractivity (Wildman–Crippen MR) is 146 cm³/mol. The molecule has 5 heterocycles. The zero-order chi connectivity index (χ0) is 27.1. The van der Waals surface area contributed by atoms with Gasteiger partial charge in [-0.2, -0.15) is 0 Å². The first-order chi connectivity index (χ1) is 19.5. The number of para-hydroxylation sites is 1. The van der Waals surface area contributed by atoms with Gasteiger partial charge in [-0.1, -0.05) is 30.7 Å². The van der Waals surface area contributed by atoms with Crippen molar-refractivity contribution in [2.24, 2.45) is 5.41 Å². The number of carbonyl (C=O) groups is 1. The molecule has 4 fully saturated rings. The number of nitro benzene ring substituents is 1. The van der Waals surface area contributed by atoms with Crippen molar-refractivity contribution in [2.45, 2.75) is 68.3 Å². The normalized spacial score (nSPS) is 35.6. The van der Waals surface area contributed by atoms with Crippen LogP contribution in [0.15, 0.2) is 60.4 Å². The van der Waals surface area contributed by atoms with Crippen molar-refractivity contribution < 1.29 is 28.7 Å². The van der Waals surface area contributed by atoms with E-state index in [-0.39, 0.29) is 42.2 Å². The first kappa shape index (κ1) is 24.8. The van der Waals surface area contributed by atoms with E-state index in [1.165, 1.54) is 18.6 Å². The smallest absolute Gasteiger partial charge is 0.269 e. The molecule has 9 nitrogen and oxygen atoms in total. The molecule has 0 N–H and O–H groups in total. The Labute approximate surface area is 235 Å². The lowest BCUT2D eigenvalue weighted by Gasteiger charge is -2.43. The van der Waals surface area contributed by atoms with E-state index in [1.54, 1.807) is 12.1 Å². The molecule has 0 unspecified atom stereocenters. The van der Waals surface area contributed by atoms with E-state index >= 15 is 0 Å². The van der Waals surface area contributed by atoms with Crippen LogP contribution in [0.3, 0.4) is 0 Å². The minimum atomic E-state index is -0.983. The molecule has 208 valence electrons. The summed E-state index contributed by atoms with van der Waals surface area (Å²) in [5.74, 6) is 2.08. The summed E-state index contributed by atoms with van der Waals surface area (Å²) in [4.78, 5) is 28.1. The largest absolute Gasteiger partial charge is 0.492 e. The number of non-ortho nitro benzene ring substituents is 1. The molecule has 10 heteroatoms. The number of nitro groups is 1. The van der Waals surface area contributed by atoms with Crippen molar-refractivity contribution in [1.29, 1.82) is 0 Å². The molecular formula is C30H30N2O7S. The average molecular weight is 563 g/mol. The van der Waals surface area contributed by atoms with Crippen LogP contribution in [0.4, 0.5) is 5.69 Å². The summed E-state index contributed by atoms with van der Waals surface area (Å²) in [5.41, 5.74) is 0.506. The molecule has 6 atom stereocenters. The zero-order valence-electron chi connectivity index (χ0n) is 21.9. The van der Waals surface area contributed by atoms with Crippen molar-refractivity contribution >= 4 is 23.2 Å². The highest BCUT2D eigenvalue weighted by molar-refractivity contribution is 7.99. The third-order valence-electron chi connectivity index (χ3n) is 9.61. The lowest BCUT2D eigenvalue weighted by atomic mass is 9.63. The van der Waals surface area contributed by atoms with E-state index < -0.39 is 22.4 Å². The number of ketones is 1. The fraction of sp³-hybridized carbons (Fsp3) is 0.500. The molecule has 0 bridgehead atoms. The second-order valence-corrected chi connectivity index (χ2v) is 12.7. The van der Waals surface area contributed by atoms with E-state index in [1.807, 2.05) is 42.1 Å². The van der Waals surface area contributed by atoms with Crippen LogP contribution in [0, 0.1) is 15.5 Å². The van der Waals surface area contributed by atoms with Gasteiger partial charge in [0.1, 0.15) is 24.2 Å². The molecule has 1 saturated carbocycles. The van der Waals surface area contributed by atoms with Gasteiger partial charge in [0, 0.05) is 48.6 Å². The van der Waals surface area contributed by atoms with Crippen LogP contribution < -0.4 is 4.74 Å². The summed E-state index contributed by atoms with van der Waals surface area (Å²) in [5, 5.41) is 11.4. The van der Waals surface area contributed by atoms with E-state index in [0.717, 1.165) is 42.9 Å². The molecule has 0 amide bonds. The van der Waals surface area contributed by atoms with Gasteiger partial charge in [0.15, 0.2) is 11.6 Å². The third-order valence-corrected chi connectivity index (χ3v) is 10.7. The predicted octanol–water partition coefficient (Wildman–Crippen LogP) is 5.01. The molecule has 2 aromatic carbocycles. The van der Waals surface area contributed by atoms with Crippen LogP contribution in [-0.2, 0) is 14.2 Å². The topological polar surface area (TPSA) is 100 Å². The second-order valence-electron chi connectivity index (χ2n) is 11.7. The van der Waals surface area contributed by atoms with Gasteiger partial charge < -0.3 is 18.9 Å². The van der Waals surface area contributed by atoms with Crippen molar-refractivity contribution in [3.05, 3.63) is 81.6 Å². The maximum atomic E-state index is 14.7. The fourth-order valence-corrected chi connectivity index (χ4v) is 9.21. The van der Waals surface area contributed by atoms with Crippen LogP contribution in [0.2, 0.25) is 0 Å². The summed E-state index contributed by atoms with van der Waals surface area (Å²) in [6.07, 6.45) is 6.29. The van der Waals surface area contributed by atoms with E-state index in [0.29, 0.717) is 17.1 Å². The molecular weight excluding hydrogens is 532 g/mol. The monoisotopic (exact) mass is 562 g/mol. The number of hydrogen-bond donors (Lipinski definition) is 0. The number of thioether (sulfide) groups is 1. The highest BCUT2D eigenvalue weighted by Gasteiger charge is 2.69. The van der Waals surface area contributed by atoms with Crippen LogP contribution in [-0.4, -0.2) is 64.1 Å². The molecule has 3 saturated heterocycles. The Bertz CT molecular complexity index is 1410. The van der Waals surface area contributed by atoms with Gasteiger partial charge in [0.25, 0.3) is 5.69 Å². The minimum Gasteiger partial charge on any atom is -0.492 e. The number of hydrogen-bond acceptors (Lipinski definition) is 9. The standard InChI is InChI=1S/C30H30N2O7S/c33-27-20-6-2-3-7-22(20)36-16-30(27)25(18-8-10-19(11-9-18)32(34)35)21-15-40-17-31(21)26(30)23-14-24-28(37-23)39-29(38-24)12-4-1-5-13-29/h2-3,6-11,14,21,24-26,28H,1,4-5,12-13,15-17H2/t21-,24+,25+,26-,28+,30+/m1/s1. The van der Waals surface area contributed by atoms with Crippen molar-refractivity contribution in [3.8, 4) is 5.75 Å². The summed E-state index contributed by atoms with van der Waals surface area (Å²) in [7, 11) is 0. The maximum absolute atomic E-state index is 14.7. The Hall–Kier alpha value is -2.92. The van der Waals surface area contributed by atoms with E-state index in [2.05, 4.69) is 4.90 Å². The van der Waals surface area contributed by atoms with Crippen molar-refractivity contribution in [2.75, 3.05) is 18.2 Å². The number of benzene rings is 2. The molecule has 2 aromatic rings. The summed E-state index contributed by atoms with van der Waals surface area (Å²) in [6, 6.07) is 13.7. The first-order valence-corrected chi connectivity index (χ1v) is 15.2. The number of Topliss-reactive ketones (excluding diaryl/α,β-unsaturated/α-hetero) is 1. The van der Waals surface area contributed by atoms with E-state index in [4.69, 9.17) is 18.9 Å². The van der Waals surface area contributed by atoms with Gasteiger partial charge in [0.2, 0.25) is 6.29 Å². The molecule has 0 aromatic heterocycles. The Balaban J connectivity index is 1.23. The van der Waals surface area contributed by atoms with Gasteiger partial charge in [-0.05, 0) is 36.6 Å². The minimum absolute atomic E-state index is 0.0225. The Kier molecular flexibility index (Phi) is 5.61. The van der Waals surface area contributed by atoms with Crippen LogP contribution in [0.1, 0.15) is 53.9 Å². The quantitative estimate of drug-likeness (QED) is 0.377. The first-order valence-electron chi connectivity index (χ1n) is 14.1. The van der Waals surface area contributed by atoms with Gasteiger partial charge in [-0.3, -0.25) is 19.8 Å². The number of carbonyl (C=O) groups excluding carboxylic acids is 1. The molecule has 6 aliphatic rings. The molecule has 2 spiro atoms. The lowest BCUT2D eigenvalue weighted by Crippen LogP contribution is -2.53. The molecule has 40 heavy (non-hydrogen) atoms. The Morgan fingerprint density at radius 3 is 2.60 bits per heavy atom. The second kappa shape index (κ2) is 9.04.